The Hall–Kier alpha value is -2.35. The molecular weight excluding hydrogens is 316 g/mol. The number of rotatable bonds is 0. The van der Waals surface area contributed by atoms with Crippen molar-refractivity contribution in [1.82, 2.24) is 10.3 Å². The molecule has 0 saturated carbocycles. The van der Waals surface area contributed by atoms with Gasteiger partial charge in [0.05, 0.1) is 5.69 Å². The molecule has 120 valence electrons. The molecule has 0 aromatic heterocycles. The number of carbonyl (C=O) groups is 3. The van der Waals surface area contributed by atoms with Crippen molar-refractivity contribution in [2.24, 2.45) is 5.10 Å². The van der Waals surface area contributed by atoms with Gasteiger partial charge < -0.3 is 10.6 Å². The monoisotopic (exact) mass is 332 g/mol. The molecule has 1 spiro atoms. The van der Waals surface area contributed by atoms with Gasteiger partial charge in [-0.1, -0.05) is 17.7 Å². The third-order valence-corrected chi connectivity index (χ3v) is 4.96. The highest BCUT2D eigenvalue weighted by Gasteiger charge is 2.58. The fourth-order valence-corrected chi connectivity index (χ4v) is 4.16. The van der Waals surface area contributed by atoms with E-state index in [4.69, 9.17) is 0 Å². The molecule has 0 bridgehead atoms. The first-order chi connectivity index (χ1) is 10.8. The van der Waals surface area contributed by atoms with Crippen LogP contribution in [0.15, 0.2) is 17.2 Å². The molecule has 1 unspecified atom stereocenters. The zero-order valence-electron chi connectivity index (χ0n) is 13.2. The van der Waals surface area contributed by atoms with Crippen molar-refractivity contribution in [3.63, 3.8) is 0 Å². The number of hydrogen-bond donors (Lipinski definition) is 2. The number of amides is 3. The lowest BCUT2D eigenvalue weighted by molar-refractivity contribution is -0.138. The van der Waals surface area contributed by atoms with Crippen LogP contribution in [0.5, 0.6) is 0 Å². The highest BCUT2D eigenvalue weighted by Crippen LogP contribution is 2.53. The quantitative estimate of drug-likeness (QED) is 0.751. The minimum absolute atomic E-state index is 0.231. The summed E-state index contributed by atoms with van der Waals surface area (Å²) >= 11 is 1.06. The van der Waals surface area contributed by atoms with Gasteiger partial charge in [0, 0.05) is 19.4 Å². The molecule has 2 N–H and O–H groups in total. The van der Waals surface area contributed by atoms with E-state index in [0.29, 0.717) is 11.3 Å². The predicted octanol–water partition coefficient (Wildman–Crippen LogP) is 1.41. The van der Waals surface area contributed by atoms with Crippen LogP contribution in [0.3, 0.4) is 0 Å². The van der Waals surface area contributed by atoms with Gasteiger partial charge in [0.15, 0.2) is 5.17 Å². The number of hydrogen-bond acceptors (Lipinski definition) is 5. The van der Waals surface area contributed by atoms with E-state index in [2.05, 4.69) is 15.7 Å². The van der Waals surface area contributed by atoms with Crippen LogP contribution in [0.1, 0.15) is 30.5 Å². The van der Waals surface area contributed by atoms with Gasteiger partial charge in [0.2, 0.25) is 16.7 Å². The van der Waals surface area contributed by atoms with Crippen LogP contribution >= 0.6 is 11.8 Å². The summed E-state index contributed by atoms with van der Waals surface area (Å²) in [5.41, 5.74) is 3.28. The summed E-state index contributed by atoms with van der Waals surface area (Å²) in [7, 11) is 0. The highest BCUT2D eigenvalue weighted by molar-refractivity contribution is 8.15. The van der Waals surface area contributed by atoms with Crippen molar-refractivity contribution in [3.8, 4) is 0 Å². The largest absolute Gasteiger partial charge is 0.322 e. The van der Waals surface area contributed by atoms with Crippen LogP contribution in [-0.4, -0.2) is 27.9 Å². The first-order valence-electron chi connectivity index (χ1n) is 7.05. The van der Waals surface area contributed by atoms with E-state index < -0.39 is 4.87 Å². The van der Waals surface area contributed by atoms with E-state index in [9.17, 15) is 14.4 Å². The molecule has 1 atom stereocenters. The number of carbonyl (C=O) groups excluding carboxylic acids is 3. The lowest BCUT2D eigenvalue weighted by Crippen LogP contribution is -2.45. The summed E-state index contributed by atoms with van der Waals surface area (Å²) < 4.78 is 0. The van der Waals surface area contributed by atoms with Crippen molar-refractivity contribution in [2.45, 2.75) is 32.6 Å². The van der Waals surface area contributed by atoms with Gasteiger partial charge in [-0.3, -0.25) is 14.4 Å². The molecule has 2 aliphatic rings. The Bertz CT molecular complexity index is 789. The number of amidine groups is 1. The van der Waals surface area contributed by atoms with E-state index in [-0.39, 0.29) is 22.9 Å². The maximum Gasteiger partial charge on any atom is 0.268 e. The first-order valence-corrected chi connectivity index (χ1v) is 7.86. The van der Waals surface area contributed by atoms with Gasteiger partial charge in [-0.25, -0.2) is 0 Å². The molecule has 23 heavy (non-hydrogen) atoms. The van der Waals surface area contributed by atoms with Gasteiger partial charge >= 0.3 is 0 Å². The second-order valence-corrected chi connectivity index (χ2v) is 6.80. The van der Waals surface area contributed by atoms with Crippen LogP contribution in [0.25, 0.3) is 0 Å². The maximum atomic E-state index is 12.8. The summed E-state index contributed by atoms with van der Waals surface area (Å²) in [4.78, 5) is 34.8. The molecule has 1 aromatic rings. The normalized spacial score (nSPS) is 22.0. The first kappa shape index (κ1) is 15.5. The van der Waals surface area contributed by atoms with Crippen LogP contribution in [0, 0.1) is 13.8 Å². The third-order valence-electron chi connectivity index (χ3n) is 3.71. The average molecular weight is 332 g/mol. The Morgan fingerprint density at radius 1 is 1.30 bits per heavy atom. The van der Waals surface area contributed by atoms with Crippen molar-refractivity contribution in [2.75, 3.05) is 5.32 Å². The molecule has 3 rings (SSSR count). The molecule has 0 radical (unpaired) electrons. The number of nitrogens with zero attached hydrogens (tertiary/aromatic N) is 2. The van der Waals surface area contributed by atoms with E-state index in [1.165, 1.54) is 13.8 Å². The SMILES string of the molecule is CC(=O)NC1=NN(C(C)=O)C2(S1)C(=O)Nc1c(C)cc(C)cc12. The molecule has 8 heteroatoms. The van der Waals surface area contributed by atoms with E-state index in [1.54, 1.807) is 0 Å². The number of nitrogens with one attached hydrogen (secondary N) is 2. The number of benzene rings is 1. The Kier molecular flexibility index (Phi) is 3.44. The van der Waals surface area contributed by atoms with E-state index in [1.807, 2.05) is 26.0 Å². The fourth-order valence-electron chi connectivity index (χ4n) is 2.89. The average Bonchev–Trinajstić information content (AvgIpc) is 2.92. The standard InChI is InChI=1S/C15H16N4O3S/c1-7-5-8(2)12-11(6-7)15(13(22)17-12)19(10(4)21)18-14(23-15)16-9(3)20/h5-6H,1-4H3,(H,17,22)(H,16,18,20). The molecule has 0 aliphatic carbocycles. The summed E-state index contributed by atoms with van der Waals surface area (Å²) in [6, 6.07) is 3.83. The molecule has 2 aliphatic heterocycles. The molecule has 1 aromatic carbocycles. The molecule has 3 amide bonds. The van der Waals surface area contributed by atoms with Gasteiger partial charge in [0.1, 0.15) is 0 Å². The van der Waals surface area contributed by atoms with Crippen LogP contribution in [-0.2, 0) is 19.3 Å². The fraction of sp³-hybridized carbons (Fsp3) is 0.333. The highest BCUT2D eigenvalue weighted by atomic mass is 32.2. The smallest absolute Gasteiger partial charge is 0.268 e. The van der Waals surface area contributed by atoms with Crippen molar-refractivity contribution in [3.05, 3.63) is 28.8 Å². The predicted molar refractivity (Wildman–Crippen MR) is 87.6 cm³/mol. The Morgan fingerprint density at radius 2 is 2.00 bits per heavy atom. The second kappa shape index (κ2) is 5.09. The number of hydrazone groups is 1. The molecule has 2 heterocycles. The van der Waals surface area contributed by atoms with Gasteiger partial charge in [-0.2, -0.15) is 5.01 Å². The lowest BCUT2D eigenvalue weighted by Gasteiger charge is -2.28. The van der Waals surface area contributed by atoms with E-state index >= 15 is 0 Å². The number of fused-ring (bicyclic) bond motifs is 2. The lowest BCUT2D eigenvalue weighted by atomic mass is 10.0. The molecular formula is C15H16N4O3S. The minimum atomic E-state index is -1.31. The van der Waals surface area contributed by atoms with Crippen LogP contribution < -0.4 is 10.6 Å². The Labute approximate surface area is 137 Å². The van der Waals surface area contributed by atoms with Gasteiger partial charge in [0.25, 0.3) is 5.91 Å². The van der Waals surface area contributed by atoms with Crippen LogP contribution in [0.4, 0.5) is 5.69 Å². The summed E-state index contributed by atoms with van der Waals surface area (Å²) in [5, 5.41) is 10.9. The summed E-state index contributed by atoms with van der Waals surface area (Å²) in [6.45, 7) is 6.52. The maximum absolute atomic E-state index is 12.8. The molecule has 0 fully saturated rings. The van der Waals surface area contributed by atoms with Crippen molar-refractivity contribution in [1.29, 1.82) is 0 Å². The van der Waals surface area contributed by atoms with Gasteiger partial charge in [-0.15, -0.1) is 5.10 Å². The minimum Gasteiger partial charge on any atom is -0.322 e. The summed E-state index contributed by atoms with van der Waals surface area (Å²) in [6.07, 6.45) is 0. The Balaban J connectivity index is 2.17. The van der Waals surface area contributed by atoms with Gasteiger partial charge in [-0.05, 0) is 31.2 Å². The summed E-state index contributed by atoms with van der Waals surface area (Å²) in [5.74, 6) is -1.03. The topological polar surface area (TPSA) is 90.9 Å². The van der Waals surface area contributed by atoms with Crippen molar-refractivity contribution < 1.29 is 14.4 Å². The molecule has 0 saturated heterocycles. The molecule has 7 nitrogen and oxygen atoms in total. The number of aryl methyl sites for hydroxylation is 2. The number of thioether (sulfide) groups is 1. The zero-order valence-corrected chi connectivity index (χ0v) is 14.0. The Morgan fingerprint density at radius 3 is 2.61 bits per heavy atom. The van der Waals surface area contributed by atoms with E-state index in [0.717, 1.165) is 27.9 Å². The second-order valence-electron chi connectivity index (χ2n) is 5.62. The van der Waals surface area contributed by atoms with Crippen molar-refractivity contribution >= 4 is 40.3 Å². The zero-order chi connectivity index (χ0) is 16.9. The third kappa shape index (κ3) is 2.21. The van der Waals surface area contributed by atoms with Crippen LogP contribution in [0.2, 0.25) is 0 Å². The number of anilines is 1.